The SMILES string of the molecule is CCn1c(=O)nc(Nc2ccc(Oc3ccc(C(=O)O)cn3)c(C)c2)n(CC2CCC(C)CC2)c1=O. The molecule has 4 rings (SSSR count). The van der Waals surface area contributed by atoms with Gasteiger partial charge in [0.25, 0.3) is 0 Å². The number of carboxylic acids is 1. The van der Waals surface area contributed by atoms with Gasteiger partial charge in [0.2, 0.25) is 11.8 Å². The summed E-state index contributed by atoms with van der Waals surface area (Å²) >= 11 is 0. The quantitative estimate of drug-likeness (QED) is 0.478. The molecular weight excluding hydrogens is 462 g/mol. The van der Waals surface area contributed by atoms with Gasteiger partial charge in [-0.25, -0.2) is 23.9 Å². The normalized spacial score (nSPS) is 17.5. The second-order valence-corrected chi connectivity index (χ2v) is 9.38. The second-order valence-electron chi connectivity index (χ2n) is 9.38. The highest BCUT2D eigenvalue weighted by Crippen LogP contribution is 2.30. The first-order valence-electron chi connectivity index (χ1n) is 12.2. The molecular formula is C26H31N5O5. The fraction of sp³-hybridized carbons (Fsp3) is 0.423. The minimum atomic E-state index is -1.06. The summed E-state index contributed by atoms with van der Waals surface area (Å²) in [7, 11) is 0. The largest absolute Gasteiger partial charge is 0.478 e. The first-order valence-corrected chi connectivity index (χ1v) is 12.2. The number of aryl methyl sites for hydroxylation is 1. The van der Waals surface area contributed by atoms with Crippen molar-refractivity contribution in [1.82, 2.24) is 19.1 Å². The van der Waals surface area contributed by atoms with Gasteiger partial charge < -0.3 is 15.2 Å². The molecule has 1 aliphatic rings. The van der Waals surface area contributed by atoms with E-state index in [-0.39, 0.29) is 29.6 Å². The average molecular weight is 494 g/mol. The molecule has 36 heavy (non-hydrogen) atoms. The molecule has 0 atom stereocenters. The minimum Gasteiger partial charge on any atom is -0.478 e. The Hall–Kier alpha value is -3.95. The highest BCUT2D eigenvalue weighted by atomic mass is 16.5. The van der Waals surface area contributed by atoms with E-state index in [0.29, 0.717) is 29.8 Å². The van der Waals surface area contributed by atoms with Crippen molar-refractivity contribution in [3.05, 3.63) is 68.6 Å². The summed E-state index contributed by atoms with van der Waals surface area (Å²) in [6.07, 6.45) is 5.60. The topological polar surface area (TPSA) is 128 Å². The van der Waals surface area contributed by atoms with Crippen molar-refractivity contribution in [2.45, 2.75) is 59.5 Å². The summed E-state index contributed by atoms with van der Waals surface area (Å²) in [6, 6.07) is 8.24. The molecule has 0 spiro atoms. The van der Waals surface area contributed by atoms with Gasteiger partial charge in [-0.15, -0.1) is 0 Å². The lowest BCUT2D eigenvalue weighted by atomic mass is 9.83. The van der Waals surface area contributed by atoms with Crippen LogP contribution < -0.4 is 21.4 Å². The van der Waals surface area contributed by atoms with Crippen LogP contribution in [0.15, 0.2) is 46.1 Å². The number of hydrogen-bond donors (Lipinski definition) is 2. The van der Waals surface area contributed by atoms with Crippen LogP contribution in [0.5, 0.6) is 11.6 Å². The predicted octanol–water partition coefficient (Wildman–Crippen LogP) is 4.19. The summed E-state index contributed by atoms with van der Waals surface area (Å²) < 4.78 is 8.53. The molecule has 0 aliphatic heterocycles. The van der Waals surface area contributed by atoms with Crippen LogP contribution in [-0.2, 0) is 13.1 Å². The zero-order valence-electron chi connectivity index (χ0n) is 20.7. The summed E-state index contributed by atoms with van der Waals surface area (Å²) in [6.45, 7) is 6.64. The number of anilines is 2. The minimum absolute atomic E-state index is 0.0740. The Morgan fingerprint density at radius 1 is 1.14 bits per heavy atom. The molecule has 2 N–H and O–H groups in total. The van der Waals surface area contributed by atoms with Crippen LogP contribution in [0, 0.1) is 18.8 Å². The Morgan fingerprint density at radius 3 is 2.50 bits per heavy atom. The molecule has 0 amide bonds. The molecule has 0 radical (unpaired) electrons. The van der Waals surface area contributed by atoms with Gasteiger partial charge in [-0.05, 0) is 68.4 Å². The summed E-state index contributed by atoms with van der Waals surface area (Å²) in [5, 5.41) is 12.2. The van der Waals surface area contributed by atoms with Gasteiger partial charge >= 0.3 is 17.3 Å². The number of aromatic nitrogens is 4. The van der Waals surface area contributed by atoms with Crippen molar-refractivity contribution in [3.8, 4) is 11.6 Å². The van der Waals surface area contributed by atoms with Crippen LogP contribution in [-0.4, -0.2) is 30.2 Å². The van der Waals surface area contributed by atoms with Crippen LogP contribution in [0.4, 0.5) is 11.6 Å². The van der Waals surface area contributed by atoms with Gasteiger partial charge in [0.05, 0.1) is 5.56 Å². The number of carbonyl (C=O) groups is 1. The molecule has 1 saturated carbocycles. The molecule has 3 aromatic rings. The van der Waals surface area contributed by atoms with E-state index in [0.717, 1.165) is 35.8 Å². The maximum absolute atomic E-state index is 13.1. The van der Waals surface area contributed by atoms with Gasteiger partial charge in [-0.2, -0.15) is 4.98 Å². The second kappa shape index (κ2) is 10.8. The lowest BCUT2D eigenvalue weighted by Crippen LogP contribution is -2.43. The zero-order valence-corrected chi connectivity index (χ0v) is 20.7. The summed E-state index contributed by atoms with van der Waals surface area (Å²) in [4.78, 5) is 44.9. The Kier molecular flexibility index (Phi) is 7.52. The average Bonchev–Trinajstić information content (AvgIpc) is 2.85. The van der Waals surface area contributed by atoms with Crippen molar-refractivity contribution in [3.63, 3.8) is 0 Å². The molecule has 0 unspecified atom stereocenters. The first kappa shape index (κ1) is 25.2. The lowest BCUT2D eigenvalue weighted by Gasteiger charge is -2.27. The summed E-state index contributed by atoms with van der Waals surface area (Å²) in [5.74, 6) is 1.04. The fourth-order valence-corrected chi connectivity index (χ4v) is 4.48. The highest BCUT2D eigenvalue weighted by molar-refractivity contribution is 5.87. The third-order valence-electron chi connectivity index (χ3n) is 6.67. The van der Waals surface area contributed by atoms with E-state index in [9.17, 15) is 14.4 Å². The van der Waals surface area contributed by atoms with Gasteiger partial charge in [-0.1, -0.05) is 19.8 Å². The van der Waals surface area contributed by atoms with Gasteiger partial charge in [0.15, 0.2) is 0 Å². The number of rotatable bonds is 8. The number of ether oxygens (including phenoxy) is 1. The zero-order chi connectivity index (χ0) is 25.8. The lowest BCUT2D eigenvalue weighted by molar-refractivity contribution is 0.0696. The van der Waals surface area contributed by atoms with Crippen LogP contribution in [0.2, 0.25) is 0 Å². The third kappa shape index (κ3) is 5.64. The van der Waals surface area contributed by atoms with Gasteiger partial charge in [-0.3, -0.25) is 4.57 Å². The van der Waals surface area contributed by atoms with E-state index in [2.05, 4.69) is 22.2 Å². The first-order chi connectivity index (χ1) is 17.2. The molecule has 0 bridgehead atoms. The van der Waals surface area contributed by atoms with E-state index in [1.54, 1.807) is 23.6 Å². The number of pyridine rings is 1. The molecule has 190 valence electrons. The van der Waals surface area contributed by atoms with Crippen LogP contribution in [0.1, 0.15) is 55.5 Å². The smallest absolute Gasteiger partial charge is 0.354 e. The number of carboxylic acid groups (broad SMARTS) is 1. The number of nitrogens with zero attached hydrogens (tertiary/aromatic N) is 4. The highest BCUT2D eigenvalue weighted by Gasteiger charge is 2.22. The maximum atomic E-state index is 13.1. The van der Waals surface area contributed by atoms with Crippen molar-refractivity contribution < 1.29 is 14.6 Å². The third-order valence-corrected chi connectivity index (χ3v) is 6.67. The Morgan fingerprint density at radius 2 is 1.89 bits per heavy atom. The van der Waals surface area contributed by atoms with Gasteiger partial charge in [0.1, 0.15) is 5.75 Å². The van der Waals surface area contributed by atoms with Crippen molar-refractivity contribution >= 4 is 17.6 Å². The summed E-state index contributed by atoms with van der Waals surface area (Å²) in [5.41, 5.74) is 0.573. The molecule has 2 heterocycles. The Balaban J connectivity index is 1.57. The maximum Gasteiger partial charge on any atom is 0.354 e. The number of aromatic carboxylic acids is 1. The van der Waals surface area contributed by atoms with E-state index in [4.69, 9.17) is 9.84 Å². The van der Waals surface area contributed by atoms with Crippen molar-refractivity contribution in [2.75, 3.05) is 5.32 Å². The van der Waals surface area contributed by atoms with E-state index >= 15 is 0 Å². The standard InChI is InChI=1S/C26H31N5O5/c1-4-30-25(34)29-24(31(26(30)35)15-18-7-5-16(2)6-8-18)28-20-10-11-21(17(3)13-20)36-22-12-9-19(14-27-22)23(32)33/h9-14,16,18H,4-8,15H2,1-3H3,(H,32,33)(H,28,29,34). The molecule has 1 fully saturated rings. The molecule has 10 nitrogen and oxygen atoms in total. The van der Waals surface area contributed by atoms with Gasteiger partial charge in [0, 0.05) is 31.0 Å². The number of nitrogens with one attached hydrogen (secondary N) is 1. The molecule has 10 heteroatoms. The number of hydrogen-bond acceptors (Lipinski definition) is 7. The number of benzene rings is 1. The molecule has 1 aliphatic carbocycles. The predicted molar refractivity (Wildman–Crippen MR) is 135 cm³/mol. The monoisotopic (exact) mass is 493 g/mol. The Labute approximate surface area is 208 Å². The molecule has 1 aromatic carbocycles. The van der Waals surface area contributed by atoms with E-state index in [1.807, 2.05) is 13.0 Å². The van der Waals surface area contributed by atoms with E-state index < -0.39 is 11.7 Å². The van der Waals surface area contributed by atoms with Crippen LogP contribution in [0.25, 0.3) is 0 Å². The fourth-order valence-electron chi connectivity index (χ4n) is 4.48. The van der Waals surface area contributed by atoms with Crippen molar-refractivity contribution in [1.29, 1.82) is 0 Å². The van der Waals surface area contributed by atoms with Crippen LogP contribution >= 0.6 is 0 Å². The van der Waals surface area contributed by atoms with Crippen LogP contribution in [0.3, 0.4) is 0 Å². The molecule has 0 saturated heterocycles. The van der Waals surface area contributed by atoms with E-state index in [1.165, 1.54) is 18.3 Å². The van der Waals surface area contributed by atoms with Crippen molar-refractivity contribution in [2.24, 2.45) is 11.8 Å². The molecule has 2 aromatic heterocycles. The Bertz CT molecular complexity index is 1350.